The van der Waals surface area contributed by atoms with E-state index in [4.69, 9.17) is 4.99 Å². The van der Waals surface area contributed by atoms with Gasteiger partial charge < -0.3 is 15.4 Å². The maximum atomic E-state index is 13.3. The van der Waals surface area contributed by atoms with E-state index in [1.165, 1.54) is 18.4 Å². The molecule has 0 saturated carbocycles. The maximum Gasteiger partial charge on any atom is 0.251 e. The van der Waals surface area contributed by atoms with Gasteiger partial charge in [0.1, 0.15) is 5.71 Å². The van der Waals surface area contributed by atoms with Gasteiger partial charge in [0.05, 0.1) is 23.0 Å². The second kappa shape index (κ2) is 11.8. The lowest BCUT2D eigenvalue weighted by Gasteiger charge is -2.15. The second-order valence-electron chi connectivity index (χ2n) is 10.5. The highest BCUT2D eigenvalue weighted by molar-refractivity contribution is 6.21. The number of H-pyrrole nitrogens is 1. The van der Waals surface area contributed by atoms with Crippen molar-refractivity contribution in [2.45, 2.75) is 32.4 Å². The zero-order chi connectivity index (χ0) is 28.2. The normalized spacial score (nSPS) is 14.8. The Morgan fingerprint density at radius 1 is 1.00 bits per heavy atom. The number of likely N-dealkylation sites (tertiary alicyclic amines) is 1. The van der Waals surface area contributed by atoms with Crippen LogP contribution >= 0.6 is 0 Å². The fraction of sp³-hybridized carbons (Fsp3) is 0.206. The first-order valence-electron chi connectivity index (χ1n) is 14.1. The van der Waals surface area contributed by atoms with Crippen LogP contribution in [0.3, 0.4) is 0 Å². The molecule has 1 fully saturated rings. The number of aromatic hydroxyl groups is 1. The Hall–Kier alpha value is -4.75. The van der Waals surface area contributed by atoms with Crippen LogP contribution in [0.1, 0.15) is 58.5 Å². The van der Waals surface area contributed by atoms with Crippen molar-refractivity contribution >= 4 is 28.2 Å². The number of pyridine rings is 1. The van der Waals surface area contributed by atoms with Crippen molar-refractivity contribution in [3.05, 3.63) is 125 Å². The van der Waals surface area contributed by atoms with Gasteiger partial charge in [0, 0.05) is 29.2 Å². The van der Waals surface area contributed by atoms with Crippen LogP contribution in [0.4, 0.5) is 5.69 Å². The van der Waals surface area contributed by atoms with E-state index < -0.39 is 0 Å². The largest absolute Gasteiger partial charge is 0.494 e. The van der Waals surface area contributed by atoms with Crippen molar-refractivity contribution in [1.29, 1.82) is 0 Å². The number of nitrogens with zero attached hydrogens (tertiary/aromatic N) is 3. The number of nitrogens with one attached hydrogen (secondary N) is 2. The molecular weight excluding hydrogens is 510 g/mol. The Labute approximate surface area is 239 Å². The van der Waals surface area contributed by atoms with E-state index in [9.17, 15) is 9.90 Å². The molecule has 2 aromatic heterocycles. The molecule has 3 heterocycles. The Bertz CT molecular complexity index is 1690. The molecule has 0 radical (unpaired) electrons. The second-order valence-corrected chi connectivity index (χ2v) is 10.5. The predicted molar refractivity (Wildman–Crippen MR) is 163 cm³/mol. The highest BCUT2D eigenvalue weighted by atomic mass is 16.3. The summed E-state index contributed by atoms with van der Waals surface area (Å²) in [5, 5.41) is 14.9. The molecule has 6 rings (SSSR count). The minimum Gasteiger partial charge on any atom is -0.494 e. The number of fused-ring (bicyclic) bond motifs is 1. The summed E-state index contributed by atoms with van der Waals surface area (Å²) in [7, 11) is 0. The van der Waals surface area contributed by atoms with E-state index in [1.807, 2.05) is 73.7 Å². The van der Waals surface area contributed by atoms with Gasteiger partial charge in [-0.05, 0) is 86.4 Å². The van der Waals surface area contributed by atoms with E-state index in [-0.39, 0.29) is 17.8 Å². The van der Waals surface area contributed by atoms with Gasteiger partial charge in [-0.2, -0.15) is 0 Å². The van der Waals surface area contributed by atoms with E-state index in [0.29, 0.717) is 33.4 Å². The topological polar surface area (TPSA) is 93.6 Å². The molecule has 3 aromatic carbocycles. The van der Waals surface area contributed by atoms with Crippen LogP contribution in [-0.4, -0.2) is 44.7 Å². The van der Waals surface area contributed by atoms with Crippen LogP contribution in [0, 0.1) is 0 Å². The van der Waals surface area contributed by atoms with Crippen LogP contribution in [-0.2, 0) is 6.54 Å². The predicted octanol–water partition coefficient (Wildman–Crippen LogP) is 6.52. The number of carbonyl (C=O) groups excluding carboxylic acids is 1. The van der Waals surface area contributed by atoms with Gasteiger partial charge in [-0.1, -0.05) is 48.5 Å². The van der Waals surface area contributed by atoms with Gasteiger partial charge in [-0.15, -0.1) is 0 Å². The summed E-state index contributed by atoms with van der Waals surface area (Å²) in [6.45, 7) is 5.09. The molecule has 1 amide bonds. The third kappa shape index (κ3) is 5.90. The van der Waals surface area contributed by atoms with Gasteiger partial charge in [0.25, 0.3) is 5.91 Å². The molecule has 1 aliphatic rings. The molecule has 7 heteroatoms. The molecule has 5 aromatic rings. The van der Waals surface area contributed by atoms with Crippen molar-refractivity contribution in [3.8, 4) is 5.88 Å². The third-order valence-electron chi connectivity index (χ3n) is 7.59. The zero-order valence-corrected chi connectivity index (χ0v) is 23.0. The Morgan fingerprint density at radius 2 is 1.80 bits per heavy atom. The Kier molecular flexibility index (Phi) is 7.60. The molecule has 41 heavy (non-hydrogen) atoms. The summed E-state index contributed by atoms with van der Waals surface area (Å²) in [5.74, 6) is -0.214. The van der Waals surface area contributed by atoms with Crippen molar-refractivity contribution < 1.29 is 9.90 Å². The molecule has 7 nitrogen and oxygen atoms in total. The average molecular weight is 544 g/mol. The summed E-state index contributed by atoms with van der Waals surface area (Å²) in [6.07, 6.45) is 4.20. The third-order valence-corrected chi connectivity index (χ3v) is 7.59. The minimum absolute atomic E-state index is 0.0205. The monoisotopic (exact) mass is 543 g/mol. The number of aliphatic imine (C=N–C) groups is 1. The number of aromatic amines is 1. The van der Waals surface area contributed by atoms with Crippen LogP contribution in [0.15, 0.2) is 102 Å². The zero-order valence-electron chi connectivity index (χ0n) is 23.0. The lowest BCUT2D eigenvalue weighted by Crippen LogP contribution is -2.26. The molecule has 1 aliphatic heterocycles. The van der Waals surface area contributed by atoms with Crippen LogP contribution in [0.2, 0.25) is 0 Å². The number of aromatic nitrogens is 2. The number of benzene rings is 3. The Morgan fingerprint density at radius 3 is 2.59 bits per heavy atom. The molecule has 3 N–H and O–H groups in total. The fourth-order valence-electron chi connectivity index (χ4n) is 5.46. The maximum absolute atomic E-state index is 13.3. The fourth-order valence-corrected chi connectivity index (χ4v) is 5.46. The Balaban J connectivity index is 1.38. The lowest BCUT2D eigenvalue weighted by molar-refractivity contribution is 0.0940. The molecule has 206 valence electrons. The SMILES string of the molecule is C[C@@H](NC(=O)c1ccc2[nH]c(O)c(C(=Nc3cccc(CN4CCCC4)c3)c3ccccn3)c2c1)c1ccccc1. The summed E-state index contributed by atoms with van der Waals surface area (Å²) < 4.78 is 0. The number of amides is 1. The number of rotatable bonds is 8. The minimum atomic E-state index is -0.194. The van der Waals surface area contributed by atoms with Gasteiger partial charge in [0.15, 0.2) is 5.88 Å². The van der Waals surface area contributed by atoms with E-state index in [2.05, 4.69) is 32.3 Å². The van der Waals surface area contributed by atoms with Crippen LogP contribution < -0.4 is 5.32 Å². The van der Waals surface area contributed by atoms with Gasteiger partial charge >= 0.3 is 0 Å². The first-order valence-corrected chi connectivity index (χ1v) is 14.1. The summed E-state index contributed by atoms with van der Waals surface area (Å²) in [5.41, 5.74) is 5.87. The highest BCUT2D eigenvalue weighted by Gasteiger charge is 2.22. The smallest absolute Gasteiger partial charge is 0.251 e. The molecule has 1 saturated heterocycles. The molecule has 0 bridgehead atoms. The average Bonchev–Trinajstić information content (AvgIpc) is 3.63. The van der Waals surface area contributed by atoms with Crippen molar-refractivity contribution in [2.75, 3.05) is 13.1 Å². The van der Waals surface area contributed by atoms with E-state index >= 15 is 0 Å². The van der Waals surface area contributed by atoms with Gasteiger partial charge in [-0.3, -0.25) is 14.7 Å². The number of hydrogen-bond donors (Lipinski definition) is 3. The van der Waals surface area contributed by atoms with Crippen molar-refractivity contribution in [1.82, 2.24) is 20.2 Å². The summed E-state index contributed by atoms with van der Waals surface area (Å²) in [4.78, 5) is 28.4. The molecule has 0 unspecified atom stereocenters. The molecule has 0 spiro atoms. The van der Waals surface area contributed by atoms with E-state index in [0.717, 1.165) is 30.9 Å². The van der Waals surface area contributed by atoms with Crippen molar-refractivity contribution in [2.24, 2.45) is 4.99 Å². The first-order chi connectivity index (χ1) is 20.0. The van der Waals surface area contributed by atoms with Crippen LogP contribution in [0.5, 0.6) is 5.88 Å². The molecule has 0 aliphatic carbocycles. The summed E-state index contributed by atoms with van der Waals surface area (Å²) in [6, 6.07) is 28.9. The molecular formula is C34H33N5O2. The highest BCUT2D eigenvalue weighted by Crippen LogP contribution is 2.32. The van der Waals surface area contributed by atoms with Gasteiger partial charge in [0.2, 0.25) is 0 Å². The first kappa shape index (κ1) is 26.5. The number of hydrogen-bond acceptors (Lipinski definition) is 5. The van der Waals surface area contributed by atoms with Gasteiger partial charge in [-0.25, -0.2) is 4.99 Å². The van der Waals surface area contributed by atoms with Crippen molar-refractivity contribution in [3.63, 3.8) is 0 Å². The van der Waals surface area contributed by atoms with E-state index in [1.54, 1.807) is 18.3 Å². The standard InChI is InChI=1S/C34H33N5O2/c1-23(25-11-3-2-4-12-25)36-33(40)26-15-16-29-28(21-26)31(34(41)38-29)32(30-14-5-6-17-35-30)37-27-13-9-10-24(20-27)22-39-18-7-8-19-39/h2-6,9-17,20-21,23,38,41H,7-8,18-19,22H2,1H3,(H,36,40)/t23-/m1/s1. The molecule has 1 atom stereocenters. The lowest BCUT2D eigenvalue weighted by atomic mass is 10.0. The van der Waals surface area contributed by atoms with Crippen LogP contribution in [0.25, 0.3) is 10.9 Å². The summed E-state index contributed by atoms with van der Waals surface area (Å²) >= 11 is 0. The quantitative estimate of drug-likeness (QED) is 0.194. The number of carbonyl (C=O) groups is 1.